The minimum Gasteiger partial charge on any atom is -0.416 e. The molecule has 0 spiro atoms. The lowest BCUT2D eigenvalue weighted by Gasteiger charge is -1.89. The van der Waals surface area contributed by atoms with Gasteiger partial charge in [-0.1, -0.05) is 18.7 Å². The summed E-state index contributed by atoms with van der Waals surface area (Å²) in [7, 11) is 0. The Morgan fingerprint density at radius 3 is 3.00 bits per heavy atom. The lowest BCUT2D eigenvalue weighted by atomic mass is 10.4. The average Bonchev–Trinajstić information content (AvgIpc) is 2.50. The first-order valence-corrected chi connectivity index (χ1v) is 5.00. The molecule has 5 heteroatoms. The molecule has 0 aliphatic heterocycles. The third-order valence-corrected chi connectivity index (χ3v) is 2.26. The summed E-state index contributed by atoms with van der Waals surface area (Å²) < 4.78 is 5.29. The van der Waals surface area contributed by atoms with Crippen LogP contribution >= 0.6 is 11.8 Å². The van der Waals surface area contributed by atoms with E-state index in [-0.39, 0.29) is 0 Å². The largest absolute Gasteiger partial charge is 0.416 e. The molecular weight excluding hydrogens is 174 g/mol. The molecule has 0 amide bonds. The second-order valence-electron chi connectivity index (χ2n) is 2.35. The Balaban J connectivity index is 2.41. The Morgan fingerprint density at radius 1 is 1.50 bits per heavy atom. The molecule has 0 fully saturated rings. The maximum Gasteiger partial charge on any atom is 0.276 e. The zero-order chi connectivity index (χ0) is 8.81. The van der Waals surface area contributed by atoms with Gasteiger partial charge in [-0.05, 0) is 6.42 Å². The molecule has 0 radical (unpaired) electrons. The van der Waals surface area contributed by atoms with Crippen LogP contribution in [0.5, 0.6) is 0 Å². The lowest BCUT2D eigenvalue weighted by Crippen LogP contribution is -2.02. The highest BCUT2D eigenvalue weighted by Gasteiger charge is 2.03. The molecule has 1 aromatic rings. The molecule has 0 atom stereocenters. The normalized spacial score (nSPS) is 10.5. The quantitative estimate of drug-likeness (QED) is 0.698. The molecule has 0 saturated carbocycles. The van der Waals surface area contributed by atoms with Crippen molar-refractivity contribution < 1.29 is 4.42 Å². The molecule has 12 heavy (non-hydrogen) atoms. The van der Waals surface area contributed by atoms with Crippen LogP contribution in [0.2, 0.25) is 0 Å². The van der Waals surface area contributed by atoms with Crippen molar-refractivity contribution in [1.29, 1.82) is 0 Å². The number of nitrogens with two attached hydrogens (primary N) is 1. The van der Waals surface area contributed by atoms with E-state index >= 15 is 0 Å². The number of hydrogen-bond acceptors (Lipinski definition) is 5. The van der Waals surface area contributed by atoms with Gasteiger partial charge in [-0.3, -0.25) is 0 Å². The Hall–Kier alpha value is -0.550. The monoisotopic (exact) mass is 187 g/mol. The molecule has 1 aromatic heterocycles. The smallest absolute Gasteiger partial charge is 0.276 e. The number of thioether (sulfide) groups is 1. The summed E-state index contributed by atoms with van der Waals surface area (Å²) in [5.74, 6) is 1.65. The fourth-order valence-electron chi connectivity index (χ4n) is 0.710. The molecule has 4 nitrogen and oxygen atoms in total. The van der Waals surface area contributed by atoms with Crippen LogP contribution in [-0.4, -0.2) is 22.5 Å². The summed E-state index contributed by atoms with van der Waals surface area (Å²) in [6.45, 7) is 2.67. The van der Waals surface area contributed by atoms with Crippen LogP contribution < -0.4 is 5.73 Å². The summed E-state index contributed by atoms with van der Waals surface area (Å²) in [4.78, 5) is 0. The number of nitrogens with zero attached hydrogens (tertiary/aromatic N) is 2. The second kappa shape index (κ2) is 5.16. The van der Waals surface area contributed by atoms with Gasteiger partial charge in [0.2, 0.25) is 5.89 Å². The maximum atomic E-state index is 5.34. The first-order valence-electron chi connectivity index (χ1n) is 4.02. The van der Waals surface area contributed by atoms with Crippen molar-refractivity contribution in [3.05, 3.63) is 5.89 Å². The van der Waals surface area contributed by atoms with Gasteiger partial charge in [-0.2, -0.15) is 0 Å². The second-order valence-corrected chi connectivity index (χ2v) is 3.40. The van der Waals surface area contributed by atoms with Crippen molar-refractivity contribution in [3.8, 4) is 0 Å². The molecule has 0 saturated heterocycles. The Kier molecular flexibility index (Phi) is 4.10. The highest BCUT2D eigenvalue weighted by atomic mass is 32.2. The van der Waals surface area contributed by atoms with Gasteiger partial charge in [-0.25, -0.2) is 0 Å². The minimum atomic E-state index is 0.556. The average molecular weight is 187 g/mol. The van der Waals surface area contributed by atoms with Crippen molar-refractivity contribution in [2.24, 2.45) is 5.73 Å². The summed E-state index contributed by atoms with van der Waals surface area (Å²) >= 11 is 1.59. The van der Waals surface area contributed by atoms with Crippen LogP contribution in [0.4, 0.5) is 0 Å². The molecule has 2 N–H and O–H groups in total. The fourth-order valence-corrected chi connectivity index (χ4v) is 1.34. The molecule has 0 unspecified atom stereocenters. The summed E-state index contributed by atoms with van der Waals surface area (Å²) in [6.07, 6.45) is 1.78. The summed E-state index contributed by atoms with van der Waals surface area (Å²) in [5, 5.41) is 8.36. The van der Waals surface area contributed by atoms with E-state index in [1.165, 1.54) is 0 Å². The number of hydrogen-bond donors (Lipinski definition) is 1. The first kappa shape index (κ1) is 9.54. The van der Waals surface area contributed by atoms with Gasteiger partial charge >= 0.3 is 0 Å². The van der Waals surface area contributed by atoms with Crippen LogP contribution in [0, 0.1) is 0 Å². The van der Waals surface area contributed by atoms with Crippen LogP contribution in [0.25, 0.3) is 0 Å². The SMILES string of the molecule is CCCSc1nnc(CCN)o1. The van der Waals surface area contributed by atoms with Gasteiger partial charge in [0.05, 0.1) is 0 Å². The first-order chi connectivity index (χ1) is 5.86. The van der Waals surface area contributed by atoms with Gasteiger partial charge < -0.3 is 10.2 Å². The summed E-state index contributed by atoms with van der Waals surface area (Å²) in [5.41, 5.74) is 5.34. The maximum absolute atomic E-state index is 5.34. The predicted molar refractivity (Wildman–Crippen MR) is 48.1 cm³/mol. The van der Waals surface area contributed by atoms with Crippen LogP contribution in [0.3, 0.4) is 0 Å². The van der Waals surface area contributed by atoms with E-state index in [0.717, 1.165) is 12.2 Å². The van der Waals surface area contributed by atoms with Crippen molar-refractivity contribution in [2.45, 2.75) is 25.0 Å². The van der Waals surface area contributed by atoms with Gasteiger partial charge in [0, 0.05) is 18.7 Å². The van der Waals surface area contributed by atoms with E-state index in [9.17, 15) is 0 Å². The topological polar surface area (TPSA) is 64.9 Å². The van der Waals surface area contributed by atoms with E-state index in [1.54, 1.807) is 11.8 Å². The fraction of sp³-hybridized carbons (Fsp3) is 0.714. The van der Waals surface area contributed by atoms with Crippen molar-refractivity contribution >= 4 is 11.8 Å². The molecule has 68 valence electrons. The van der Waals surface area contributed by atoms with Crippen molar-refractivity contribution in [2.75, 3.05) is 12.3 Å². The van der Waals surface area contributed by atoms with Crippen molar-refractivity contribution in [1.82, 2.24) is 10.2 Å². The molecule has 0 aromatic carbocycles. The Morgan fingerprint density at radius 2 is 2.33 bits per heavy atom. The van der Waals surface area contributed by atoms with E-state index in [0.29, 0.717) is 24.1 Å². The van der Waals surface area contributed by atoms with E-state index in [1.807, 2.05) is 0 Å². The molecule has 0 aliphatic carbocycles. The van der Waals surface area contributed by atoms with Crippen LogP contribution in [0.15, 0.2) is 9.64 Å². The van der Waals surface area contributed by atoms with E-state index in [4.69, 9.17) is 10.2 Å². The van der Waals surface area contributed by atoms with E-state index < -0.39 is 0 Å². The van der Waals surface area contributed by atoms with Gasteiger partial charge in [-0.15, -0.1) is 10.2 Å². The third kappa shape index (κ3) is 2.83. The highest BCUT2D eigenvalue weighted by Crippen LogP contribution is 2.16. The highest BCUT2D eigenvalue weighted by molar-refractivity contribution is 7.99. The molecular formula is C7H13N3OS. The standard InChI is InChI=1S/C7H13N3OS/c1-2-5-12-7-10-9-6(11-7)3-4-8/h2-5,8H2,1H3. The molecule has 1 rings (SSSR count). The lowest BCUT2D eigenvalue weighted by molar-refractivity contribution is 0.414. The molecule has 0 bridgehead atoms. The van der Waals surface area contributed by atoms with Crippen LogP contribution in [0.1, 0.15) is 19.2 Å². The minimum absolute atomic E-state index is 0.556. The molecule has 0 aliphatic rings. The third-order valence-electron chi connectivity index (χ3n) is 1.24. The van der Waals surface area contributed by atoms with Crippen molar-refractivity contribution in [3.63, 3.8) is 0 Å². The predicted octanol–water partition coefficient (Wildman–Crippen LogP) is 1.07. The zero-order valence-electron chi connectivity index (χ0n) is 7.12. The van der Waals surface area contributed by atoms with Gasteiger partial charge in [0.1, 0.15) is 0 Å². The zero-order valence-corrected chi connectivity index (χ0v) is 7.93. The number of aromatic nitrogens is 2. The van der Waals surface area contributed by atoms with Gasteiger partial charge in [0.25, 0.3) is 5.22 Å². The van der Waals surface area contributed by atoms with E-state index in [2.05, 4.69) is 17.1 Å². The summed E-state index contributed by atoms with van der Waals surface area (Å²) in [6, 6.07) is 0. The Bertz CT molecular complexity index is 226. The Labute approximate surface area is 75.9 Å². The molecule has 1 heterocycles. The number of rotatable bonds is 5. The van der Waals surface area contributed by atoms with Gasteiger partial charge in [0.15, 0.2) is 0 Å². The van der Waals surface area contributed by atoms with Crippen LogP contribution in [-0.2, 0) is 6.42 Å².